The molecule has 2 aromatic rings. The fraction of sp³-hybridized carbons (Fsp3) is 0.562. The number of nitrogens with zero attached hydrogens (tertiary/aromatic N) is 1. The van der Waals surface area contributed by atoms with Gasteiger partial charge >= 0.3 is 0 Å². The Hall–Kier alpha value is -1.02. The van der Waals surface area contributed by atoms with Crippen molar-refractivity contribution in [1.29, 1.82) is 0 Å². The summed E-state index contributed by atoms with van der Waals surface area (Å²) in [6.45, 7) is 9.00. The van der Waals surface area contributed by atoms with Crippen molar-refractivity contribution in [1.82, 2.24) is 4.98 Å². The molecule has 19 heavy (non-hydrogen) atoms. The SMILES string of the molecule is CC(CC(Cl)Cc1nc2ccccc2o1)C(C)(C)C. The zero-order valence-electron chi connectivity index (χ0n) is 12.1. The third kappa shape index (κ3) is 3.73. The summed E-state index contributed by atoms with van der Waals surface area (Å²) in [5.41, 5.74) is 2.03. The molecule has 0 aliphatic heterocycles. The topological polar surface area (TPSA) is 26.0 Å². The lowest BCUT2D eigenvalue weighted by molar-refractivity contribution is 0.243. The third-order valence-corrected chi connectivity index (χ3v) is 4.15. The second kappa shape index (κ2) is 5.54. The van der Waals surface area contributed by atoms with E-state index >= 15 is 0 Å². The van der Waals surface area contributed by atoms with Crippen LogP contribution in [-0.4, -0.2) is 10.4 Å². The largest absolute Gasteiger partial charge is 0.441 e. The fourth-order valence-electron chi connectivity index (χ4n) is 2.02. The molecule has 0 bridgehead atoms. The van der Waals surface area contributed by atoms with Crippen molar-refractivity contribution in [3.63, 3.8) is 0 Å². The molecule has 0 saturated carbocycles. The summed E-state index contributed by atoms with van der Waals surface area (Å²) in [7, 11) is 0. The van der Waals surface area contributed by atoms with Gasteiger partial charge < -0.3 is 4.42 Å². The highest BCUT2D eigenvalue weighted by molar-refractivity contribution is 6.20. The van der Waals surface area contributed by atoms with Crippen LogP contribution in [0.15, 0.2) is 28.7 Å². The standard InChI is InChI=1S/C16H22ClNO/c1-11(16(2,3)4)9-12(17)10-15-18-13-7-5-6-8-14(13)19-15/h5-8,11-12H,9-10H2,1-4H3. The lowest BCUT2D eigenvalue weighted by Gasteiger charge is -2.28. The molecule has 2 unspecified atom stereocenters. The van der Waals surface area contributed by atoms with Gasteiger partial charge in [0.1, 0.15) is 5.52 Å². The van der Waals surface area contributed by atoms with Crippen LogP contribution in [0.5, 0.6) is 0 Å². The summed E-state index contributed by atoms with van der Waals surface area (Å²) < 4.78 is 5.71. The van der Waals surface area contributed by atoms with E-state index in [1.54, 1.807) is 0 Å². The predicted octanol–water partition coefficient (Wildman–Crippen LogP) is 5.05. The van der Waals surface area contributed by atoms with Crippen LogP contribution in [0.3, 0.4) is 0 Å². The Labute approximate surface area is 120 Å². The molecule has 2 nitrogen and oxygen atoms in total. The molecule has 0 N–H and O–H groups in total. The monoisotopic (exact) mass is 279 g/mol. The number of para-hydroxylation sites is 2. The number of fused-ring (bicyclic) bond motifs is 1. The molecule has 104 valence electrons. The van der Waals surface area contributed by atoms with Gasteiger partial charge in [-0.25, -0.2) is 4.98 Å². The Morgan fingerprint density at radius 1 is 1.26 bits per heavy atom. The van der Waals surface area contributed by atoms with E-state index in [9.17, 15) is 0 Å². The minimum Gasteiger partial charge on any atom is -0.441 e. The van der Waals surface area contributed by atoms with Crippen LogP contribution in [0, 0.1) is 11.3 Å². The summed E-state index contributed by atoms with van der Waals surface area (Å²) in [6.07, 6.45) is 1.67. The van der Waals surface area contributed by atoms with Gasteiger partial charge in [-0.1, -0.05) is 39.8 Å². The van der Waals surface area contributed by atoms with Crippen LogP contribution < -0.4 is 0 Å². The van der Waals surface area contributed by atoms with Crippen LogP contribution in [0.25, 0.3) is 11.1 Å². The second-order valence-corrected chi connectivity index (χ2v) is 7.00. The maximum atomic E-state index is 6.44. The first kappa shape index (κ1) is 14.4. The quantitative estimate of drug-likeness (QED) is 0.732. The summed E-state index contributed by atoms with van der Waals surface area (Å²) >= 11 is 6.44. The molecule has 3 heteroatoms. The highest BCUT2D eigenvalue weighted by Gasteiger charge is 2.23. The van der Waals surface area contributed by atoms with E-state index in [1.807, 2.05) is 24.3 Å². The van der Waals surface area contributed by atoms with Gasteiger partial charge in [-0.05, 0) is 29.9 Å². The zero-order chi connectivity index (χ0) is 14.0. The molecule has 0 aliphatic carbocycles. The van der Waals surface area contributed by atoms with Gasteiger partial charge in [-0.2, -0.15) is 0 Å². The van der Waals surface area contributed by atoms with Crippen LogP contribution in [0.4, 0.5) is 0 Å². The minimum atomic E-state index is 0.0716. The Balaban J connectivity index is 2.00. The molecule has 0 radical (unpaired) electrons. The van der Waals surface area contributed by atoms with E-state index < -0.39 is 0 Å². The van der Waals surface area contributed by atoms with Crippen molar-refractivity contribution >= 4 is 22.7 Å². The highest BCUT2D eigenvalue weighted by Crippen LogP contribution is 2.31. The summed E-state index contributed by atoms with van der Waals surface area (Å²) in [6, 6.07) is 7.82. The number of alkyl halides is 1. The van der Waals surface area contributed by atoms with Gasteiger partial charge in [0.15, 0.2) is 11.5 Å². The Morgan fingerprint density at radius 3 is 2.58 bits per heavy atom. The number of rotatable bonds is 4. The van der Waals surface area contributed by atoms with Crippen LogP contribution in [0.2, 0.25) is 0 Å². The van der Waals surface area contributed by atoms with Gasteiger partial charge in [0.25, 0.3) is 0 Å². The number of aromatic nitrogens is 1. The van der Waals surface area contributed by atoms with Gasteiger partial charge in [-0.15, -0.1) is 11.6 Å². The van der Waals surface area contributed by atoms with Crippen molar-refractivity contribution in [2.45, 2.75) is 45.9 Å². The van der Waals surface area contributed by atoms with Crippen LogP contribution >= 0.6 is 11.6 Å². The molecule has 0 spiro atoms. The van der Waals surface area contributed by atoms with Gasteiger partial charge in [-0.3, -0.25) is 0 Å². The minimum absolute atomic E-state index is 0.0716. The third-order valence-electron chi connectivity index (χ3n) is 3.82. The van der Waals surface area contributed by atoms with E-state index in [-0.39, 0.29) is 10.8 Å². The van der Waals surface area contributed by atoms with Crippen LogP contribution in [0.1, 0.15) is 40.0 Å². The predicted molar refractivity (Wildman–Crippen MR) is 80.6 cm³/mol. The number of halogens is 1. The molecular weight excluding hydrogens is 258 g/mol. The number of oxazole rings is 1. The highest BCUT2D eigenvalue weighted by atomic mass is 35.5. The lowest BCUT2D eigenvalue weighted by Crippen LogP contribution is -2.21. The maximum Gasteiger partial charge on any atom is 0.196 e. The molecule has 1 heterocycles. The molecular formula is C16H22ClNO. The molecule has 1 aromatic heterocycles. The average molecular weight is 280 g/mol. The Bertz CT molecular complexity index is 508. The van der Waals surface area contributed by atoms with Gasteiger partial charge in [0.2, 0.25) is 0 Å². The first-order chi connectivity index (χ1) is 8.86. The van der Waals surface area contributed by atoms with Gasteiger partial charge in [0.05, 0.1) is 0 Å². The molecule has 0 saturated heterocycles. The number of hydrogen-bond acceptors (Lipinski definition) is 2. The van der Waals surface area contributed by atoms with Gasteiger partial charge in [0, 0.05) is 11.8 Å². The van der Waals surface area contributed by atoms with Crippen molar-refractivity contribution in [2.24, 2.45) is 11.3 Å². The van der Waals surface area contributed by atoms with E-state index in [1.165, 1.54) is 0 Å². The Morgan fingerprint density at radius 2 is 1.95 bits per heavy atom. The van der Waals surface area contributed by atoms with E-state index in [2.05, 4.69) is 32.7 Å². The van der Waals surface area contributed by atoms with Crippen molar-refractivity contribution in [2.75, 3.05) is 0 Å². The average Bonchev–Trinajstić information content (AvgIpc) is 2.69. The molecule has 0 aliphatic rings. The van der Waals surface area contributed by atoms with E-state index in [0.717, 1.165) is 23.4 Å². The van der Waals surface area contributed by atoms with Crippen molar-refractivity contribution in [3.8, 4) is 0 Å². The fourth-order valence-corrected chi connectivity index (χ4v) is 2.42. The van der Waals surface area contributed by atoms with Crippen molar-refractivity contribution in [3.05, 3.63) is 30.2 Å². The normalized spacial score (nSPS) is 15.6. The van der Waals surface area contributed by atoms with E-state index in [0.29, 0.717) is 12.3 Å². The number of benzene rings is 1. The smallest absolute Gasteiger partial charge is 0.196 e. The molecule has 2 atom stereocenters. The second-order valence-electron chi connectivity index (χ2n) is 6.38. The summed E-state index contributed by atoms with van der Waals surface area (Å²) in [5, 5.41) is 0.0716. The summed E-state index contributed by atoms with van der Waals surface area (Å²) in [5.74, 6) is 1.31. The molecule has 2 rings (SSSR count). The molecule has 0 amide bonds. The van der Waals surface area contributed by atoms with E-state index in [4.69, 9.17) is 16.0 Å². The summed E-state index contributed by atoms with van der Waals surface area (Å²) in [4.78, 5) is 4.47. The molecule has 0 fully saturated rings. The van der Waals surface area contributed by atoms with Crippen molar-refractivity contribution < 1.29 is 4.42 Å². The first-order valence-electron chi connectivity index (χ1n) is 6.85. The zero-order valence-corrected chi connectivity index (χ0v) is 12.9. The lowest BCUT2D eigenvalue weighted by atomic mass is 9.79. The Kier molecular flexibility index (Phi) is 4.19. The maximum absolute atomic E-state index is 6.44. The van der Waals surface area contributed by atoms with Crippen LogP contribution in [-0.2, 0) is 6.42 Å². The molecule has 1 aromatic carbocycles. The first-order valence-corrected chi connectivity index (χ1v) is 7.28. The number of hydrogen-bond donors (Lipinski definition) is 0.